The number of carbonyl (C=O) groups excluding carboxylic acids is 1. The van der Waals surface area contributed by atoms with Gasteiger partial charge >= 0.3 is 0 Å². The van der Waals surface area contributed by atoms with Crippen LogP contribution >= 0.6 is 11.3 Å². The minimum absolute atomic E-state index is 0.212. The lowest BCUT2D eigenvalue weighted by molar-refractivity contribution is -0.133. The van der Waals surface area contributed by atoms with Crippen LogP contribution in [0.4, 0.5) is 0 Å². The van der Waals surface area contributed by atoms with E-state index in [4.69, 9.17) is 0 Å². The van der Waals surface area contributed by atoms with Gasteiger partial charge in [0.05, 0.1) is 13.2 Å². The average Bonchev–Trinajstić information content (AvgIpc) is 2.80. The molecule has 0 aliphatic carbocycles. The van der Waals surface area contributed by atoms with E-state index in [0.717, 1.165) is 15.6 Å². The summed E-state index contributed by atoms with van der Waals surface area (Å²) in [7, 11) is -2.23. The summed E-state index contributed by atoms with van der Waals surface area (Å²) in [6, 6.07) is 3.14. The summed E-state index contributed by atoms with van der Waals surface area (Å²) in [6.07, 6.45) is 0. The zero-order valence-corrected chi connectivity index (χ0v) is 11.2. The molecule has 17 heavy (non-hydrogen) atoms. The molecule has 1 aromatic heterocycles. The van der Waals surface area contributed by atoms with E-state index in [9.17, 15) is 13.2 Å². The Hall–Kier alpha value is -0.960. The van der Waals surface area contributed by atoms with Crippen molar-refractivity contribution >= 4 is 27.3 Å². The molecule has 1 rings (SSSR count). The summed E-state index contributed by atoms with van der Waals surface area (Å²) < 4.78 is 25.0. The summed E-state index contributed by atoms with van der Waals surface area (Å²) in [5.41, 5.74) is 2.14. The minimum atomic E-state index is -3.58. The molecule has 96 valence electrons. The number of likely N-dealkylation sites (N-methyl/N-ethyl adjacent to an activating group) is 1. The number of sulfonamides is 1. The van der Waals surface area contributed by atoms with E-state index in [2.05, 4.69) is 10.3 Å². The molecule has 0 spiro atoms. The predicted molar refractivity (Wildman–Crippen MR) is 63.9 cm³/mol. The van der Waals surface area contributed by atoms with Gasteiger partial charge in [-0.1, -0.05) is 6.07 Å². The highest BCUT2D eigenvalue weighted by Crippen LogP contribution is 2.19. The topological polar surface area (TPSA) is 75.7 Å². The number of hydrogen-bond acceptors (Lipinski definition) is 5. The van der Waals surface area contributed by atoms with Gasteiger partial charge in [0.1, 0.15) is 4.21 Å². The molecule has 1 N–H and O–H groups in total. The SMILES string of the molecule is CCONC(=O)CN(C)S(=O)(=O)c1cccs1. The van der Waals surface area contributed by atoms with E-state index in [0.29, 0.717) is 6.61 Å². The van der Waals surface area contributed by atoms with E-state index in [1.807, 2.05) is 0 Å². The molecule has 0 saturated carbocycles. The molecule has 0 aliphatic rings. The Kier molecular flexibility index (Phi) is 5.06. The predicted octanol–water partition coefficient (Wildman–Crippen LogP) is 0.436. The Labute approximate surface area is 104 Å². The summed E-state index contributed by atoms with van der Waals surface area (Å²) in [6.45, 7) is 1.76. The van der Waals surface area contributed by atoms with E-state index in [-0.39, 0.29) is 10.8 Å². The van der Waals surface area contributed by atoms with Crippen LogP contribution in [0.5, 0.6) is 0 Å². The van der Waals surface area contributed by atoms with Crippen molar-refractivity contribution in [2.24, 2.45) is 0 Å². The molecule has 0 radical (unpaired) electrons. The molecule has 8 heteroatoms. The van der Waals surface area contributed by atoms with E-state index in [1.165, 1.54) is 13.1 Å². The summed E-state index contributed by atoms with van der Waals surface area (Å²) in [5, 5.41) is 1.67. The maximum Gasteiger partial charge on any atom is 0.258 e. The van der Waals surface area contributed by atoms with Crippen LogP contribution in [0.15, 0.2) is 21.7 Å². The van der Waals surface area contributed by atoms with Gasteiger partial charge in [-0.15, -0.1) is 11.3 Å². The fourth-order valence-electron chi connectivity index (χ4n) is 1.04. The first-order valence-corrected chi connectivity index (χ1v) is 7.21. The average molecular weight is 278 g/mol. The highest BCUT2D eigenvalue weighted by molar-refractivity contribution is 7.91. The van der Waals surface area contributed by atoms with Gasteiger partial charge in [-0.25, -0.2) is 13.9 Å². The smallest absolute Gasteiger partial charge is 0.258 e. The number of nitrogens with one attached hydrogen (secondary N) is 1. The van der Waals surface area contributed by atoms with Gasteiger partial charge in [0.15, 0.2) is 0 Å². The molecule has 1 amide bonds. The van der Waals surface area contributed by atoms with Crippen molar-refractivity contribution in [3.05, 3.63) is 17.5 Å². The van der Waals surface area contributed by atoms with Gasteiger partial charge in [0.25, 0.3) is 15.9 Å². The Bertz CT molecular complexity index is 455. The highest BCUT2D eigenvalue weighted by Gasteiger charge is 2.23. The Morgan fingerprint density at radius 1 is 1.59 bits per heavy atom. The van der Waals surface area contributed by atoms with Gasteiger partial charge in [-0.3, -0.25) is 9.63 Å². The maximum atomic E-state index is 11.9. The normalized spacial score (nSPS) is 11.7. The van der Waals surface area contributed by atoms with Crippen LogP contribution in [-0.4, -0.2) is 38.8 Å². The number of rotatable bonds is 6. The molecular formula is C9H14N2O4S2. The first-order chi connectivity index (χ1) is 7.98. The zero-order chi connectivity index (χ0) is 12.9. The van der Waals surface area contributed by atoms with Crippen molar-refractivity contribution < 1.29 is 18.0 Å². The van der Waals surface area contributed by atoms with Gasteiger partial charge in [-0.05, 0) is 18.4 Å². The number of hydroxylamine groups is 1. The molecule has 0 bridgehead atoms. The fourth-order valence-corrected chi connectivity index (χ4v) is 3.36. The molecule has 0 fully saturated rings. The van der Waals surface area contributed by atoms with Crippen molar-refractivity contribution in [3.63, 3.8) is 0 Å². The van der Waals surface area contributed by atoms with Gasteiger partial charge in [-0.2, -0.15) is 4.31 Å². The minimum Gasteiger partial charge on any atom is -0.274 e. The van der Waals surface area contributed by atoms with Crippen LogP contribution in [0.25, 0.3) is 0 Å². The number of thiophene rings is 1. The number of amides is 1. The maximum absolute atomic E-state index is 11.9. The van der Waals surface area contributed by atoms with Crippen LogP contribution in [0.3, 0.4) is 0 Å². The van der Waals surface area contributed by atoms with Crippen LogP contribution < -0.4 is 5.48 Å². The second-order valence-electron chi connectivity index (χ2n) is 3.15. The molecule has 0 aliphatic heterocycles. The second-order valence-corrected chi connectivity index (χ2v) is 6.37. The van der Waals surface area contributed by atoms with Crippen LogP contribution in [-0.2, 0) is 19.7 Å². The molecular weight excluding hydrogens is 264 g/mol. The summed E-state index contributed by atoms with van der Waals surface area (Å²) in [5.74, 6) is -0.505. The standard InChI is InChI=1S/C9H14N2O4S2/c1-3-15-10-8(12)7-11(2)17(13,14)9-5-4-6-16-9/h4-6H,3,7H2,1-2H3,(H,10,12). The molecule has 0 unspecified atom stereocenters. The van der Waals surface area contributed by atoms with E-state index < -0.39 is 15.9 Å². The third-order valence-electron chi connectivity index (χ3n) is 1.86. The third kappa shape index (κ3) is 3.77. The van der Waals surface area contributed by atoms with Crippen molar-refractivity contribution in [2.75, 3.05) is 20.2 Å². The first-order valence-electron chi connectivity index (χ1n) is 4.89. The van der Waals surface area contributed by atoms with Crippen LogP contribution in [0.2, 0.25) is 0 Å². The summed E-state index contributed by atoms with van der Waals surface area (Å²) in [4.78, 5) is 16.0. The lowest BCUT2D eigenvalue weighted by atomic mass is 10.6. The number of hydrogen-bond donors (Lipinski definition) is 1. The summed E-state index contributed by atoms with van der Waals surface area (Å²) >= 11 is 1.11. The molecule has 0 saturated heterocycles. The number of nitrogens with zero attached hydrogens (tertiary/aromatic N) is 1. The van der Waals surface area contributed by atoms with E-state index in [1.54, 1.807) is 18.4 Å². The van der Waals surface area contributed by atoms with Gasteiger partial charge < -0.3 is 0 Å². The molecule has 6 nitrogen and oxygen atoms in total. The van der Waals surface area contributed by atoms with Gasteiger partial charge in [0.2, 0.25) is 0 Å². The number of carbonyl (C=O) groups is 1. The van der Waals surface area contributed by atoms with Gasteiger partial charge in [0, 0.05) is 7.05 Å². The Morgan fingerprint density at radius 3 is 2.82 bits per heavy atom. The van der Waals surface area contributed by atoms with Crippen molar-refractivity contribution in [1.82, 2.24) is 9.79 Å². The lowest BCUT2D eigenvalue weighted by Crippen LogP contribution is -2.38. The molecule has 1 aromatic rings. The van der Waals surface area contributed by atoms with Crippen LogP contribution in [0.1, 0.15) is 6.92 Å². The largest absolute Gasteiger partial charge is 0.274 e. The Morgan fingerprint density at radius 2 is 2.29 bits per heavy atom. The van der Waals surface area contributed by atoms with E-state index >= 15 is 0 Å². The molecule has 0 atom stereocenters. The monoisotopic (exact) mass is 278 g/mol. The zero-order valence-electron chi connectivity index (χ0n) is 9.54. The molecule has 0 aromatic carbocycles. The van der Waals surface area contributed by atoms with Crippen molar-refractivity contribution in [2.45, 2.75) is 11.1 Å². The lowest BCUT2D eigenvalue weighted by Gasteiger charge is -2.15. The Balaban J connectivity index is 2.64. The first kappa shape index (κ1) is 14.1. The van der Waals surface area contributed by atoms with Crippen LogP contribution in [0, 0.1) is 0 Å². The quantitative estimate of drug-likeness (QED) is 0.766. The van der Waals surface area contributed by atoms with Crippen molar-refractivity contribution in [3.8, 4) is 0 Å². The van der Waals surface area contributed by atoms with Crippen molar-refractivity contribution in [1.29, 1.82) is 0 Å². The molecule has 1 heterocycles. The second kappa shape index (κ2) is 6.10. The fraction of sp³-hybridized carbons (Fsp3) is 0.444. The third-order valence-corrected chi connectivity index (χ3v) is 5.03. The highest BCUT2D eigenvalue weighted by atomic mass is 32.2.